The molecule has 13 rings (SSSR count). The molecule has 0 fully saturated rings. The molecule has 0 aliphatic carbocycles. The van der Waals surface area contributed by atoms with Crippen molar-refractivity contribution in [2.45, 2.75) is 78.6 Å². The molecule has 0 aromatic heterocycles. The third kappa shape index (κ3) is 5.27. The van der Waals surface area contributed by atoms with Gasteiger partial charge in [-0.25, -0.2) is 0 Å². The molecule has 4 heterocycles. The first-order valence-corrected chi connectivity index (χ1v) is 23.3. The van der Waals surface area contributed by atoms with E-state index in [2.05, 4.69) is 229 Å². The summed E-state index contributed by atoms with van der Waals surface area (Å²) in [5.41, 5.74) is 18.4. The maximum absolute atomic E-state index is 7.43. The normalized spacial score (nSPS) is 14.5. The molecule has 5 heteroatoms. The first-order valence-electron chi connectivity index (χ1n) is 23.3. The van der Waals surface area contributed by atoms with Crippen LogP contribution in [0.4, 0.5) is 51.2 Å². The quantitative estimate of drug-likeness (QED) is 0.161. The second kappa shape index (κ2) is 12.8. The van der Waals surface area contributed by atoms with E-state index in [9.17, 15) is 0 Å². The number of hydrogen-bond donors (Lipinski definition) is 0. The van der Waals surface area contributed by atoms with Gasteiger partial charge in [0.15, 0.2) is 11.5 Å². The lowest BCUT2D eigenvalue weighted by molar-refractivity contribution is 0.479. The highest BCUT2D eigenvalue weighted by Gasteiger charge is 2.53. The van der Waals surface area contributed by atoms with E-state index < -0.39 is 0 Å². The lowest BCUT2D eigenvalue weighted by Crippen LogP contribution is -2.65. The highest BCUT2D eigenvalue weighted by Crippen LogP contribution is 2.61. The van der Waals surface area contributed by atoms with Gasteiger partial charge in [0.2, 0.25) is 0 Å². The van der Waals surface area contributed by atoms with Crippen molar-refractivity contribution in [2.75, 3.05) is 14.7 Å². The average molecular weight is 842 g/mol. The predicted molar refractivity (Wildman–Crippen MR) is 277 cm³/mol. The fourth-order valence-electron chi connectivity index (χ4n) is 11.5. The number of rotatable bonds is 2. The summed E-state index contributed by atoms with van der Waals surface area (Å²) in [6.07, 6.45) is 0. The molecule has 0 saturated heterocycles. The third-order valence-electron chi connectivity index (χ3n) is 14.7. The Morgan fingerprint density at radius 3 is 1.35 bits per heavy atom. The summed E-state index contributed by atoms with van der Waals surface area (Å²) < 4.78 is 7.43. The number of fused-ring (bicyclic) bond motifs is 10. The molecule has 0 unspecified atom stereocenters. The van der Waals surface area contributed by atoms with Gasteiger partial charge in [0.1, 0.15) is 0 Å². The second-order valence-electron chi connectivity index (χ2n) is 21.8. The van der Waals surface area contributed by atoms with E-state index in [0.717, 1.165) is 39.6 Å². The summed E-state index contributed by atoms with van der Waals surface area (Å²) in [6.45, 7) is 20.6. The highest BCUT2D eigenvalue weighted by atomic mass is 16.5. The van der Waals surface area contributed by atoms with Gasteiger partial charge in [-0.15, -0.1) is 0 Å². The smallest absolute Gasteiger partial charge is 0.257 e. The molecule has 4 aliphatic rings. The predicted octanol–water partition coefficient (Wildman–Crippen LogP) is 15.0. The van der Waals surface area contributed by atoms with Crippen molar-refractivity contribution in [2.24, 2.45) is 0 Å². The number of anilines is 9. The molecule has 0 spiro atoms. The maximum Gasteiger partial charge on any atom is 0.257 e. The van der Waals surface area contributed by atoms with E-state index in [4.69, 9.17) is 4.74 Å². The molecule has 0 saturated carbocycles. The molecule has 65 heavy (non-hydrogen) atoms. The third-order valence-corrected chi connectivity index (χ3v) is 14.7. The van der Waals surface area contributed by atoms with E-state index >= 15 is 0 Å². The van der Waals surface area contributed by atoms with Crippen LogP contribution in [0.1, 0.15) is 79.0 Å². The van der Waals surface area contributed by atoms with E-state index in [1.54, 1.807) is 0 Å². The second-order valence-corrected chi connectivity index (χ2v) is 21.8. The molecule has 0 radical (unpaired) electrons. The summed E-state index contributed by atoms with van der Waals surface area (Å²) in [5, 5.41) is 7.20. The summed E-state index contributed by atoms with van der Waals surface area (Å²) in [6, 6.07) is 57.7. The lowest BCUT2D eigenvalue weighted by Gasteiger charge is -2.51. The molecule has 9 aromatic rings. The van der Waals surface area contributed by atoms with Gasteiger partial charge in [-0.2, -0.15) is 0 Å². The summed E-state index contributed by atoms with van der Waals surface area (Å²) in [4.78, 5) is 7.81. The highest BCUT2D eigenvalue weighted by molar-refractivity contribution is 7.03. The van der Waals surface area contributed by atoms with Crippen molar-refractivity contribution in [3.8, 4) is 11.5 Å². The molecule has 316 valence electrons. The van der Waals surface area contributed by atoms with E-state index in [1.165, 1.54) is 88.4 Å². The zero-order chi connectivity index (χ0) is 44.5. The number of benzene rings is 9. The minimum atomic E-state index is -0.0852. The minimum absolute atomic E-state index is 0.0126. The van der Waals surface area contributed by atoms with Crippen LogP contribution in [0.5, 0.6) is 11.5 Å². The summed E-state index contributed by atoms with van der Waals surface area (Å²) in [5.74, 6) is 1.81. The van der Waals surface area contributed by atoms with Crippen molar-refractivity contribution >= 4 is 107 Å². The zero-order valence-electron chi connectivity index (χ0n) is 38.8. The minimum Gasteiger partial charge on any atom is -0.452 e. The van der Waals surface area contributed by atoms with Gasteiger partial charge < -0.3 is 19.4 Å². The lowest BCUT2D eigenvalue weighted by atomic mass is 9.31. The van der Waals surface area contributed by atoms with Crippen LogP contribution in [0.3, 0.4) is 0 Å². The molecule has 0 atom stereocenters. The summed E-state index contributed by atoms with van der Waals surface area (Å²) in [7, 11) is 0. The monoisotopic (exact) mass is 841 g/mol. The van der Waals surface area contributed by atoms with Gasteiger partial charge in [0.25, 0.3) is 6.71 Å². The van der Waals surface area contributed by atoms with Crippen LogP contribution in [0, 0.1) is 0 Å². The van der Waals surface area contributed by atoms with Crippen LogP contribution in [0.25, 0.3) is 32.3 Å². The molecule has 0 N–H and O–H groups in total. The Morgan fingerprint density at radius 2 is 0.815 bits per heavy atom. The number of ether oxygens (including phenoxy) is 1. The van der Waals surface area contributed by atoms with Crippen LogP contribution in [0.2, 0.25) is 0 Å². The maximum atomic E-state index is 7.43. The van der Waals surface area contributed by atoms with Crippen molar-refractivity contribution in [1.82, 2.24) is 0 Å². The molecule has 9 aromatic carbocycles. The van der Waals surface area contributed by atoms with Crippen LogP contribution in [0.15, 0.2) is 152 Å². The van der Waals surface area contributed by atoms with Gasteiger partial charge in [0, 0.05) is 44.3 Å². The molecule has 0 amide bonds. The Kier molecular flexibility index (Phi) is 7.61. The van der Waals surface area contributed by atoms with Gasteiger partial charge in [-0.3, -0.25) is 0 Å². The van der Waals surface area contributed by atoms with Crippen molar-refractivity contribution in [3.05, 3.63) is 168 Å². The van der Waals surface area contributed by atoms with Crippen molar-refractivity contribution in [3.63, 3.8) is 0 Å². The molecule has 4 aliphatic heterocycles. The molecule has 0 bridgehead atoms. The number of hydrogen-bond acceptors (Lipinski definition) is 4. The average Bonchev–Trinajstić information content (AvgIpc) is 3.29. The van der Waals surface area contributed by atoms with Gasteiger partial charge in [-0.05, 0) is 109 Å². The first-order chi connectivity index (χ1) is 31.2. The Labute approximate surface area is 382 Å². The Morgan fingerprint density at radius 1 is 0.369 bits per heavy atom. The Balaban J connectivity index is 1.24. The van der Waals surface area contributed by atoms with E-state index in [0.29, 0.717) is 0 Å². The Hall–Kier alpha value is -6.98. The van der Waals surface area contributed by atoms with Crippen LogP contribution >= 0.6 is 0 Å². The van der Waals surface area contributed by atoms with Gasteiger partial charge in [0.05, 0.1) is 28.4 Å². The van der Waals surface area contributed by atoms with E-state index in [1.807, 2.05) is 0 Å². The van der Waals surface area contributed by atoms with Gasteiger partial charge >= 0.3 is 0 Å². The van der Waals surface area contributed by atoms with Crippen LogP contribution in [-0.2, 0) is 16.2 Å². The fourth-order valence-corrected chi connectivity index (χ4v) is 11.5. The molecular weight excluding hydrogens is 789 g/mol. The van der Waals surface area contributed by atoms with Crippen molar-refractivity contribution < 1.29 is 4.74 Å². The molecule has 4 nitrogen and oxygen atoms in total. The topological polar surface area (TPSA) is 19.0 Å². The number of nitrogens with zero attached hydrogens (tertiary/aromatic N) is 3. The van der Waals surface area contributed by atoms with E-state index in [-0.39, 0.29) is 23.0 Å². The standard InChI is InChI=1S/C60H52BN3O/c1-58(2,3)37-22-27-40(28-23-37)62-47-32-35-16-10-12-18-42(35)53-50(47)61-51-48(62)33-36-17-11-13-19-43(36)54(51)64-46-31-26-39(60(7,8)9)34-49(46)65-57-45-21-15-14-20-44(45)55(52(61)56(57)64)63(53)41-29-24-38(25-30-41)59(4,5)6/h10-34H,1-9H3. The zero-order valence-corrected chi connectivity index (χ0v) is 38.8. The van der Waals surface area contributed by atoms with Gasteiger partial charge in [-0.1, -0.05) is 165 Å². The fraction of sp³-hybridized carbons (Fsp3) is 0.200. The first kappa shape index (κ1) is 38.5. The SMILES string of the molecule is CC(C)(C)c1ccc(N2c3cc4ccccc4c4c3B3c5c2cc2ccccc2c5N(c2ccc(C(C)(C)C)cc2)c2c3c3c(c5ccccc25)Oc2cc(C(C)(C)C)ccc2N34)cc1. The van der Waals surface area contributed by atoms with Crippen LogP contribution < -0.4 is 35.8 Å². The Bertz CT molecular complexity index is 3510. The largest absolute Gasteiger partial charge is 0.452 e. The van der Waals surface area contributed by atoms with Crippen molar-refractivity contribution in [1.29, 1.82) is 0 Å². The summed E-state index contributed by atoms with van der Waals surface area (Å²) >= 11 is 0. The van der Waals surface area contributed by atoms with Crippen LogP contribution in [-0.4, -0.2) is 6.71 Å². The molecular formula is C60H52BN3O.